The van der Waals surface area contributed by atoms with Gasteiger partial charge in [-0.05, 0) is 31.5 Å². The minimum absolute atomic E-state index is 0.265. The summed E-state index contributed by atoms with van der Waals surface area (Å²) in [5, 5.41) is 9.11. The lowest BCUT2D eigenvalue weighted by atomic mass is 9.98. The van der Waals surface area contributed by atoms with Crippen molar-refractivity contribution in [3.05, 3.63) is 42.3 Å². The Morgan fingerprint density at radius 3 is 2.95 bits per heavy atom. The molecule has 0 spiro atoms. The Labute approximate surface area is 123 Å². The second kappa shape index (κ2) is 6.10. The molecule has 1 fully saturated rings. The summed E-state index contributed by atoms with van der Waals surface area (Å²) in [6, 6.07) is 9.75. The van der Waals surface area contributed by atoms with E-state index in [0.717, 1.165) is 30.6 Å². The second-order valence-electron chi connectivity index (χ2n) is 5.42. The van der Waals surface area contributed by atoms with Crippen LogP contribution in [0, 0.1) is 5.92 Å². The summed E-state index contributed by atoms with van der Waals surface area (Å²) < 4.78 is 5.51. The lowest BCUT2D eigenvalue weighted by Gasteiger charge is -2.29. The van der Waals surface area contributed by atoms with Gasteiger partial charge in [0.15, 0.2) is 0 Å². The molecule has 1 aromatic carbocycles. The maximum Gasteiger partial charge on any atom is 0.307 e. The quantitative estimate of drug-likeness (QED) is 0.936. The van der Waals surface area contributed by atoms with Crippen molar-refractivity contribution in [2.75, 3.05) is 13.1 Å². The number of benzene rings is 1. The molecule has 0 amide bonds. The molecule has 110 valence electrons. The van der Waals surface area contributed by atoms with Crippen LogP contribution in [0.3, 0.4) is 0 Å². The van der Waals surface area contributed by atoms with Crippen LogP contribution >= 0.6 is 0 Å². The number of aliphatic carboxylic acids is 1. The van der Waals surface area contributed by atoms with Gasteiger partial charge in [0, 0.05) is 18.7 Å². The molecule has 1 atom stereocenters. The fourth-order valence-corrected chi connectivity index (χ4v) is 2.72. The highest BCUT2D eigenvalue weighted by Crippen LogP contribution is 2.21. The number of aromatic nitrogens is 1. The SMILES string of the molecule is O=C(O)C1CCCN(Cc2coc(-c3ccccc3)n2)C1. The van der Waals surface area contributed by atoms with Crippen LogP contribution in [0.2, 0.25) is 0 Å². The highest BCUT2D eigenvalue weighted by molar-refractivity contribution is 5.70. The zero-order chi connectivity index (χ0) is 14.7. The number of nitrogens with zero attached hydrogens (tertiary/aromatic N) is 2. The zero-order valence-corrected chi connectivity index (χ0v) is 11.7. The molecule has 3 rings (SSSR count). The van der Waals surface area contributed by atoms with E-state index in [1.54, 1.807) is 6.26 Å². The first-order valence-corrected chi connectivity index (χ1v) is 7.17. The number of carbonyl (C=O) groups is 1. The maximum absolute atomic E-state index is 11.1. The van der Waals surface area contributed by atoms with Crippen molar-refractivity contribution in [2.45, 2.75) is 19.4 Å². The fraction of sp³-hybridized carbons (Fsp3) is 0.375. The van der Waals surface area contributed by atoms with Gasteiger partial charge in [0.2, 0.25) is 5.89 Å². The smallest absolute Gasteiger partial charge is 0.307 e. The lowest BCUT2D eigenvalue weighted by molar-refractivity contribution is -0.143. The summed E-state index contributed by atoms with van der Waals surface area (Å²) in [4.78, 5) is 17.7. The van der Waals surface area contributed by atoms with Crippen molar-refractivity contribution in [2.24, 2.45) is 5.92 Å². The summed E-state index contributed by atoms with van der Waals surface area (Å²) in [5.41, 5.74) is 1.80. The summed E-state index contributed by atoms with van der Waals surface area (Å²) in [5.74, 6) is -0.360. The molecule has 2 aromatic rings. The zero-order valence-electron chi connectivity index (χ0n) is 11.7. The Balaban J connectivity index is 1.66. The van der Waals surface area contributed by atoms with E-state index in [9.17, 15) is 4.79 Å². The normalized spacial score (nSPS) is 19.5. The number of carboxylic acids is 1. The summed E-state index contributed by atoms with van der Waals surface area (Å²) in [6.07, 6.45) is 3.34. The Kier molecular flexibility index (Phi) is 4.01. The van der Waals surface area contributed by atoms with E-state index in [2.05, 4.69) is 9.88 Å². The molecule has 1 aromatic heterocycles. The molecule has 5 heteroatoms. The predicted octanol–water partition coefficient (Wildman–Crippen LogP) is 2.64. The highest BCUT2D eigenvalue weighted by atomic mass is 16.4. The molecule has 1 saturated heterocycles. The minimum Gasteiger partial charge on any atom is -0.481 e. The summed E-state index contributed by atoms with van der Waals surface area (Å²) in [6.45, 7) is 2.14. The van der Waals surface area contributed by atoms with E-state index < -0.39 is 5.97 Å². The third-order valence-corrected chi connectivity index (χ3v) is 3.81. The van der Waals surface area contributed by atoms with Gasteiger partial charge in [-0.3, -0.25) is 9.69 Å². The Morgan fingerprint density at radius 1 is 1.38 bits per heavy atom. The number of piperidine rings is 1. The number of oxazole rings is 1. The van der Waals surface area contributed by atoms with Gasteiger partial charge in [-0.25, -0.2) is 4.98 Å². The van der Waals surface area contributed by atoms with Gasteiger partial charge in [0.25, 0.3) is 0 Å². The first-order chi connectivity index (χ1) is 10.2. The fourth-order valence-electron chi connectivity index (χ4n) is 2.72. The van der Waals surface area contributed by atoms with Crippen molar-refractivity contribution in [3.63, 3.8) is 0 Å². The van der Waals surface area contributed by atoms with Gasteiger partial charge >= 0.3 is 5.97 Å². The van der Waals surface area contributed by atoms with Crippen LogP contribution in [0.1, 0.15) is 18.5 Å². The minimum atomic E-state index is -0.704. The van der Waals surface area contributed by atoms with Crippen LogP contribution in [0.5, 0.6) is 0 Å². The molecular weight excluding hydrogens is 268 g/mol. The monoisotopic (exact) mass is 286 g/mol. The number of carboxylic acid groups (broad SMARTS) is 1. The van der Waals surface area contributed by atoms with Crippen LogP contribution in [0.4, 0.5) is 0 Å². The van der Waals surface area contributed by atoms with Crippen LogP contribution in [-0.4, -0.2) is 34.0 Å². The van der Waals surface area contributed by atoms with E-state index >= 15 is 0 Å². The Bertz CT molecular complexity index is 609. The molecule has 1 unspecified atom stereocenters. The Hall–Kier alpha value is -2.14. The first-order valence-electron chi connectivity index (χ1n) is 7.17. The molecular formula is C16H18N2O3. The second-order valence-corrected chi connectivity index (χ2v) is 5.42. The highest BCUT2D eigenvalue weighted by Gasteiger charge is 2.25. The van der Waals surface area contributed by atoms with Gasteiger partial charge in [-0.2, -0.15) is 0 Å². The molecule has 21 heavy (non-hydrogen) atoms. The third kappa shape index (κ3) is 3.31. The molecule has 0 saturated carbocycles. The lowest BCUT2D eigenvalue weighted by Crippen LogP contribution is -2.38. The van der Waals surface area contributed by atoms with Crippen LogP contribution in [-0.2, 0) is 11.3 Å². The molecule has 0 bridgehead atoms. The van der Waals surface area contributed by atoms with E-state index in [-0.39, 0.29) is 5.92 Å². The number of hydrogen-bond acceptors (Lipinski definition) is 4. The predicted molar refractivity (Wildman–Crippen MR) is 77.6 cm³/mol. The Morgan fingerprint density at radius 2 is 2.19 bits per heavy atom. The van der Waals surface area contributed by atoms with E-state index in [0.29, 0.717) is 19.0 Å². The molecule has 0 radical (unpaired) electrons. The van der Waals surface area contributed by atoms with Crippen molar-refractivity contribution in [1.82, 2.24) is 9.88 Å². The van der Waals surface area contributed by atoms with Crippen LogP contribution in [0.25, 0.3) is 11.5 Å². The van der Waals surface area contributed by atoms with Crippen LogP contribution < -0.4 is 0 Å². The van der Waals surface area contributed by atoms with Crippen molar-refractivity contribution >= 4 is 5.97 Å². The molecule has 0 aliphatic carbocycles. The third-order valence-electron chi connectivity index (χ3n) is 3.81. The first kappa shape index (κ1) is 13.8. The number of rotatable bonds is 4. The van der Waals surface area contributed by atoms with Crippen molar-refractivity contribution in [1.29, 1.82) is 0 Å². The van der Waals surface area contributed by atoms with Gasteiger partial charge in [-0.15, -0.1) is 0 Å². The van der Waals surface area contributed by atoms with Crippen LogP contribution in [0.15, 0.2) is 41.0 Å². The maximum atomic E-state index is 11.1. The molecule has 5 nitrogen and oxygen atoms in total. The number of likely N-dealkylation sites (tertiary alicyclic amines) is 1. The van der Waals surface area contributed by atoms with E-state index in [4.69, 9.17) is 9.52 Å². The van der Waals surface area contributed by atoms with Gasteiger partial charge in [0.1, 0.15) is 6.26 Å². The van der Waals surface area contributed by atoms with Crippen molar-refractivity contribution in [3.8, 4) is 11.5 Å². The van der Waals surface area contributed by atoms with E-state index in [1.165, 1.54) is 0 Å². The van der Waals surface area contributed by atoms with E-state index in [1.807, 2.05) is 30.3 Å². The average molecular weight is 286 g/mol. The number of hydrogen-bond donors (Lipinski definition) is 1. The van der Waals surface area contributed by atoms with Crippen molar-refractivity contribution < 1.29 is 14.3 Å². The summed E-state index contributed by atoms with van der Waals surface area (Å²) in [7, 11) is 0. The molecule has 1 aliphatic heterocycles. The summed E-state index contributed by atoms with van der Waals surface area (Å²) >= 11 is 0. The molecule has 2 heterocycles. The average Bonchev–Trinajstić information content (AvgIpc) is 2.97. The molecule has 1 N–H and O–H groups in total. The van der Waals surface area contributed by atoms with Gasteiger partial charge < -0.3 is 9.52 Å². The topological polar surface area (TPSA) is 66.6 Å². The largest absolute Gasteiger partial charge is 0.481 e. The van der Waals surface area contributed by atoms with Gasteiger partial charge in [0.05, 0.1) is 11.6 Å². The molecule has 1 aliphatic rings. The standard InChI is InChI=1S/C16H18N2O3/c19-16(20)13-7-4-8-18(9-13)10-14-11-21-15(17-14)12-5-2-1-3-6-12/h1-3,5-6,11,13H,4,7-10H2,(H,19,20). The van der Waals surface area contributed by atoms with Gasteiger partial charge in [-0.1, -0.05) is 18.2 Å².